The van der Waals surface area contributed by atoms with Gasteiger partial charge in [0.15, 0.2) is 0 Å². The van der Waals surface area contributed by atoms with Crippen molar-refractivity contribution in [2.24, 2.45) is 0 Å². The molecule has 0 atom stereocenters. The summed E-state index contributed by atoms with van der Waals surface area (Å²) in [6, 6.07) is 6.66. The average Bonchev–Trinajstić information content (AvgIpc) is 2.86. The van der Waals surface area contributed by atoms with Crippen LogP contribution in [0.4, 0.5) is 0 Å². The van der Waals surface area contributed by atoms with Crippen LogP contribution in [0.2, 0.25) is 0 Å². The summed E-state index contributed by atoms with van der Waals surface area (Å²) in [7, 11) is 1.79. The predicted molar refractivity (Wildman–Crippen MR) is 73.2 cm³/mol. The summed E-state index contributed by atoms with van der Waals surface area (Å²) in [4.78, 5) is 0. The minimum atomic E-state index is 0.649. The van der Waals surface area contributed by atoms with E-state index in [1.54, 1.807) is 18.4 Å². The van der Waals surface area contributed by atoms with Crippen molar-refractivity contribution in [1.82, 2.24) is 5.32 Å². The van der Waals surface area contributed by atoms with E-state index in [4.69, 9.17) is 4.74 Å². The Morgan fingerprint density at radius 2 is 2.06 bits per heavy atom. The fraction of sp³-hybridized carbons (Fsp3) is 0.429. The van der Waals surface area contributed by atoms with Gasteiger partial charge in [0, 0.05) is 10.1 Å². The highest BCUT2D eigenvalue weighted by molar-refractivity contribution is 7.17. The molecule has 0 amide bonds. The van der Waals surface area contributed by atoms with E-state index in [1.165, 1.54) is 28.5 Å². The molecule has 1 aliphatic heterocycles. The van der Waals surface area contributed by atoms with Crippen molar-refractivity contribution in [3.8, 4) is 5.75 Å². The minimum absolute atomic E-state index is 0.649. The van der Waals surface area contributed by atoms with E-state index in [9.17, 15) is 0 Å². The second-order valence-corrected chi connectivity index (χ2v) is 5.49. The first-order valence-corrected chi connectivity index (χ1v) is 7.03. The van der Waals surface area contributed by atoms with Crippen LogP contribution in [0.3, 0.4) is 0 Å². The lowest BCUT2D eigenvalue weighted by Gasteiger charge is -2.24. The van der Waals surface area contributed by atoms with E-state index in [2.05, 4.69) is 28.9 Å². The van der Waals surface area contributed by atoms with Crippen molar-refractivity contribution in [1.29, 1.82) is 0 Å². The highest BCUT2D eigenvalue weighted by Crippen LogP contribution is 2.39. The Balaban J connectivity index is 2.07. The maximum Gasteiger partial charge on any atom is 0.130 e. The quantitative estimate of drug-likeness (QED) is 0.878. The molecule has 0 bridgehead atoms. The summed E-state index contributed by atoms with van der Waals surface area (Å²) in [6.45, 7) is 2.24. The summed E-state index contributed by atoms with van der Waals surface area (Å²) in [5.74, 6) is 1.74. The third-order valence-electron chi connectivity index (χ3n) is 3.60. The molecule has 1 N–H and O–H groups in total. The normalized spacial score (nSPS) is 17.5. The Bertz CT molecular complexity index is 514. The molecule has 1 aromatic carbocycles. The Morgan fingerprint density at radius 3 is 2.82 bits per heavy atom. The SMILES string of the molecule is COc1c(C2CCNCC2)ccc2sccc12. The molecule has 0 saturated carbocycles. The van der Waals surface area contributed by atoms with Crippen LogP contribution in [-0.4, -0.2) is 20.2 Å². The zero-order valence-corrected chi connectivity index (χ0v) is 10.8. The van der Waals surface area contributed by atoms with Gasteiger partial charge < -0.3 is 10.1 Å². The fourth-order valence-corrected chi connectivity index (χ4v) is 3.50. The summed E-state index contributed by atoms with van der Waals surface area (Å²) < 4.78 is 6.98. The highest BCUT2D eigenvalue weighted by Gasteiger charge is 2.20. The van der Waals surface area contributed by atoms with Crippen molar-refractivity contribution in [2.45, 2.75) is 18.8 Å². The number of thiophene rings is 1. The molecule has 2 nitrogen and oxygen atoms in total. The van der Waals surface area contributed by atoms with E-state index in [0.29, 0.717) is 5.92 Å². The molecule has 2 heterocycles. The first-order valence-electron chi connectivity index (χ1n) is 6.15. The molecule has 1 aliphatic rings. The van der Waals surface area contributed by atoms with Crippen LogP contribution < -0.4 is 10.1 Å². The summed E-state index contributed by atoms with van der Waals surface area (Å²) >= 11 is 1.78. The Hall–Kier alpha value is -1.06. The standard InChI is InChI=1S/C14H17NOS/c1-16-14-11(10-4-7-15-8-5-10)2-3-13-12(14)6-9-17-13/h2-3,6,9-10,15H,4-5,7-8H2,1H3. The fourth-order valence-electron chi connectivity index (χ4n) is 2.72. The first kappa shape index (κ1) is 11.1. The van der Waals surface area contributed by atoms with Crippen LogP contribution in [0.1, 0.15) is 24.3 Å². The molecule has 2 aromatic rings. The number of hydrogen-bond acceptors (Lipinski definition) is 3. The minimum Gasteiger partial charge on any atom is -0.496 e. The Kier molecular flexibility index (Phi) is 3.04. The number of benzene rings is 1. The topological polar surface area (TPSA) is 21.3 Å². The molecule has 1 fully saturated rings. The Labute approximate surface area is 106 Å². The molecule has 90 valence electrons. The van der Waals surface area contributed by atoms with Crippen LogP contribution in [0.15, 0.2) is 23.6 Å². The van der Waals surface area contributed by atoms with Crippen LogP contribution in [0.25, 0.3) is 10.1 Å². The number of ether oxygens (including phenoxy) is 1. The maximum atomic E-state index is 5.66. The van der Waals surface area contributed by atoms with Crippen LogP contribution in [0.5, 0.6) is 5.75 Å². The van der Waals surface area contributed by atoms with Crippen LogP contribution in [-0.2, 0) is 0 Å². The molecule has 17 heavy (non-hydrogen) atoms. The van der Waals surface area contributed by atoms with Gasteiger partial charge in [0.05, 0.1) is 7.11 Å². The molecule has 0 radical (unpaired) electrons. The summed E-state index contributed by atoms with van der Waals surface area (Å²) in [6.07, 6.45) is 2.43. The summed E-state index contributed by atoms with van der Waals surface area (Å²) in [5, 5.41) is 6.83. The Morgan fingerprint density at radius 1 is 1.24 bits per heavy atom. The van der Waals surface area contributed by atoms with Crippen molar-refractivity contribution in [2.75, 3.05) is 20.2 Å². The molecule has 0 aliphatic carbocycles. The third-order valence-corrected chi connectivity index (χ3v) is 4.48. The molecule has 1 saturated heterocycles. The third kappa shape index (κ3) is 1.94. The predicted octanol–water partition coefficient (Wildman–Crippen LogP) is 3.38. The number of nitrogens with one attached hydrogen (secondary N) is 1. The second kappa shape index (κ2) is 4.67. The number of fused-ring (bicyclic) bond motifs is 1. The highest BCUT2D eigenvalue weighted by atomic mass is 32.1. The summed E-state index contributed by atoms with van der Waals surface area (Å²) in [5.41, 5.74) is 1.39. The number of piperidine rings is 1. The first-order chi connectivity index (χ1) is 8.40. The van der Waals surface area contributed by atoms with Gasteiger partial charge in [0.25, 0.3) is 0 Å². The van der Waals surface area contributed by atoms with E-state index in [1.807, 2.05) is 0 Å². The van der Waals surface area contributed by atoms with Gasteiger partial charge in [-0.3, -0.25) is 0 Å². The molecular weight excluding hydrogens is 230 g/mol. The van der Waals surface area contributed by atoms with Crippen molar-refractivity contribution in [3.05, 3.63) is 29.1 Å². The van der Waals surface area contributed by atoms with Gasteiger partial charge >= 0.3 is 0 Å². The zero-order chi connectivity index (χ0) is 11.7. The van der Waals surface area contributed by atoms with Gasteiger partial charge in [-0.05, 0) is 54.9 Å². The molecule has 0 spiro atoms. The molecule has 1 aromatic heterocycles. The molecule has 3 heteroatoms. The van der Waals surface area contributed by atoms with Gasteiger partial charge in [0.2, 0.25) is 0 Å². The van der Waals surface area contributed by atoms with Gasteiger partial charge in [-0.2, -0.15) is 0 Å². The number of rotatable bonds is 2. The van der Waals surface area contributed by atoms with Crippen molar-refractivity contribution in [3.63, 3.8) is 0 Å². The van der Waals surface area contributed by atoms with E-state index < -0.39 is 0 Å². The van der Waals surface area contributed by atoms with Crippen molar-refractivity contribution < 1.29 is 4.74 Å². The average molecular weight is 247 g/mol. The van der Waals surface area contributed by atoms with Crippen molar-refractivity contribution >= 4 is 21.4 Å². The largest absolute Gasteiger partial charge is 0.496 e. The van der Waals surface area contributed by atoms with Gasteiger partial charge in [0.1, 0.15) is 5.75 Å². The van der Waals surface area contributed by atoms with E-state index in [0.717, 1.165) is 18.8 Å². The van der Waals surface area contributed by atoms with E-state index >= 15 is 0 Å². The second-order valence-electron chi connectivity index (χ2n) is 4.54. The van der Waals surface area contributed by atoms with Gasteiger partial charge in [-0.15, -0.1) is 11.3 Å². The molecule has 3 rings (SSSR count). The van der Waals surface area contributed by atoms with Crippen LogP contribution in [0, 0.1) is 0 Å². The zero-order valence-electron chi connectivity index (χ0n) is 10.0. The molecular formula is C14H17NOS. The smallest absolute Gasteiger partial charge is 0.130 e. The number of methoxy groups -OCH3 is 1. The van der Waals surface area contributed by atoms with Gasteiger partial charge in [-0.1, -0.05) is 6.07 Å². The monoisotopic (exact) mass is 247 g/mol. The lowest BCUT2D eigenvalue weighted by Crippen LogP contribution is -2.26. The van der Waals surface area contributed by atoms with Crippen LogP contribution >= 0.6 is 11.3 Å². The van der Waals surface area contributed by atoms with E-state index in [-0.39, 0.29) is 0 Å². The lowest BCUT2D eigenvalue weighted by molar-refractivity contribution is 0.396. The maximum absolute atomic E-state index is 5.66. The van der Waals surface area contributed by atoms with Gasteiger partial charge in [-0.25, -0.2) is 0 Å². The lowest BCUT2D eigenvalue weighted by atomic mass is 9.89. The molecule has 0 unspecified atom stereocenters. The number of hydrogen-bond donors (Lipinski definition) is 1.